The Labute approximate surface area is 145 Å². The van der Waals surface area contributed by atoms with Gasteiger partial charge in [-0.1, -0.05) is 36.4 Å². The highest BCUT2D eigenvalue weighted by Crippen LogP contribution is 2.25. The summed E-state index contributed by atoms with van der Waals surface area (Å²) in [6.45, 7) is 3.00. The fourth-order valence-corrected chi connectivity index (χ4v) is 3.41. The molecule has 2 atom stereocenters. The van der Waals surface area contributed by atoms with Gasteiger partial charge in [-0.2, -0.15) is 0 Å². The van der Waals surface area contributed by atoms with Crippen molar-refractivity contribution in [2.45, 2.75) is 19.1 Å². The molecule has 2 aromatic rings. The van der Waals surface area contributed by atoms with Crippen molar-refractivity contribution in [3.8, 4) is 0 Å². The van der Waals surface area contributed by atoms with Crippen LogP contribution in [0.5, 0.6) is 0 Å². The molecule has 1 fully saturated rings. The van der Waals surface area contributed by atoms with Crippen LogP contribution in [0.2, 0.25) is 0 Å². The molecule has 2 unspecified atom stereocenters. The number of hydrogen-bond donors (Lipinski definition) is 1. The zero-order valence-electron chi connectivity index (χ0n) is 13.5. The molecular weight excluding hydrogens is 324 g/mol. The summed E-state index contributed by atoms with van der Waals surface area (Å²) in [5.41, 5.74) is 1.06. The van der Waals surface area contributed by atoms with Crippen LogP contribution in [0, 0.1) is 0 Å². The number of rotatable bonds is 4. The molecule has 1 aromatic carbocycles. The summed E-state index contributed by atoms with van der Waals surface area (Å²) < 4.78 is 5.96. The summed E-state index contributed by atoms with van der Waals surface area (Å²) >= 11 is 1.36. The Kier molecular flexibility index (Phi) is 5.27. The van der Waals surface area contributed by atoms with Gasteiger partial charge < -0.3 is 15.0 Å². The minimum absolute atomic E-state index is 0.00492. The van der Waals surface area contributed by atoms with Crippen LogP contribution >= 0.6 is 11.3 Å². The maximum Gasteiger partial charge on any atom is 0.261 e. The summed E-state index contributed by atoms with van der Waals surface area (Å²) in [4.78, 5) is 26.8. The molecule has 2 amide bonds. The number of carbonyl (C=O) groups excluding carboxylic acids is 2. The van der Waals surface area contributed by atoms with E-state index in [-0.39, 0.29) is 30.6 Å². The molecule has 0 saturated carbocycles. The average molecular weight is 344 g/mol. The van der Waals surface area contributed by atoms with Gasteiger partial charge in [-0.25, -0.2) is 0 Å². The number of benzene rings is 1. The number of ether oxygens (including phenoxy) is 1. The van der Waals surface area contributed by atoms with E-state index in [1.165, 1.54) is 11.3 Å². The Morgan fingerprint density at radius 3 is 2.71 bits per heavy atom. The summed E-state index contributed by atoms with van der Waals surface area (Å²) in [7, 11) is 0. The molecule has 5 nitrogen and oxygen atoms in total. The zero-order valence-corrected chi connectivity index (χ0v) is 14.3. The van der Waals surface area contributed by atoms with E-state index in [9.17, 15) is 9.59 Å². The molecule has 3 rings (SSSR count). The summed E-state index contributed by atoms with van der Waals surface area (Å²) in [5, 5.41) is 4.53. The quantitative estimate of drug-likeness (QED) is 0.927. The van der Waals surface area contributed by atoms with Gasteiger partial charge >= 0.3 is 0 Å². The van der Waals surface area contributed by atoms with E-state index in [2.05, 4.69) is 5.32 Å². The van der Waals surface area contributed by atoms with Crippen LogP contribution in [-0.2, 0) is 9.53 Å². The summed E-state index contributed by atoms with van der Waals surface area (Å²) in [5.74, 6) is -0.296. The standard InChI is InChI=1S/C18H20N2O3S/c1-13-11-20(12-15(23-13)14-6-3-2-4-7-14)17(21)10-19-18(22)16-8-5-9-24-16/h2-9,13,15H,10-12H2,1H3,(H,19,22). The molecule has 1 aliphatic heterocycles. The van der Waals surface area contributed by atoms with E-state index < -0.39 is 0 Å². The normalized spacial score (nSPS) is 20.6. The number of carbonyl (C=O) groups is 2. The van der Waals surface area contributed by atoms with Crippen molar-refractivity contribution in [3.63, 3.8) is 0 Å². The molecular formula is C18H20N2O3S. The van der Waals surface area contributed by atoms with E-state index in [4.69, 9.17) is 4.74 Å². The van der Waals surface area contributed by atoms with Crippen LogP contribution in [0.3, 0.4) is 0 Å². The van der Waals surface area contributed by atoms with Crippen LogP contribution < -0.4 is 5.32 Å². The Bertz CT molecular complexity index is 688. The third-order valence-corrected chi connectivity index (χ3v) is 4.80. The fraction of sp³-hybridized carbons (Fsp3) is 0.333. The summed E-state index contributed by atoms with van der Waals surface area (Å²) in [6.07, 6.45) is -0.173. The Balaban J connectivity index is 1.59. The van der Waals surface area contributed by atoms with Crippen molar-refractivity contribution in [1.29, 1.82) is 0 Å². The largest absolute Gasteiger partial charge is 0.367 e. The van der Waals surface area contributed by atoms with E-state index in [0.717, 1.165) is 5.56 Å². The fourth-order valence-electron chi connectivity index (χ4n) is 2.77. The summed E-state index contributed by atoms with van der Waals surface area (Å²) in [6, 6.07) is 13.5. The van der Waals surface area contributed by atoms with Crippen molar-refractivity contribution in [2.24, 2.45) is 0 Å². The van der Waals surface area contributed by atoms with Gasteiger partial charge in [0.1, 0.15) is 6.10 Å². The van der Waals surface area contributed by atoms with Gasteiger partial charge in [0.05, 0.1) is 24.1 Å². The SMILES string of the molecule is CC1CN(C(=O)CNC(=O)c2cccs2)CC(c2ccccc2)O1. The molecule has 0 bridgehead atoms. The van der Waals surface area contributed by atoms with Crippen LogP contribution in [0.25, 0.3) is 0 Å². The second kappa shape index (κ2) is 7.59. The van der Waals surface area contributed by atoms with Gasteiger partial charge in [-0.15, -0.1) is 11.3 Å². The molecule has 126 valence electrons. The second-order valence-corrected chi connectivity index (χ2v) is 6.75. The van der Waals surface area contributed by atoms with Crippen molar-refractivity contribution < 1.29 is 14.3 Å². The first-order chi connectivity index (χ1) is 11.6. The molecule has 0 aliphatic carbocycles. The highest BCUT2D eigenvalue weighted by Gasteiger charge is 2.29. The average Bonchev–Trinajstić information content (AvgIpc) is 3.14. The van der Waals surface area contributed by atoms with Gasteiger partial charge in [0.25, 0.3) is 5.91 Å². The maximum absolute atomic E-state index is 12.5. The van der Waals surface area contributed by atoms with Crippen molar-refractivity contribution in [1.82, 2.24) is 10.2 Å². The molecule has 1 aromatic heterocycles. The van der Waals surface area contributed by atoms with Gasteiger partial charge in [-0.3, -0.25) is 9.59 Å². The highest BCUT2D eigenvalue weighted by molar-refractivity contribution is 7.12. The third-order valence-electron chi connectivity index (χ3n) is 3.93. The molecule has 6 heteroatoms. The van der Waals surface area contributed by atoms with Gasteiger partial charge in [-0.05, 0) is 23.9 Å². The van der Waals surface area contributed by atoms with E-state index >= 15 is 0 Å². The molecule has 1 N–H and O–H groups in total. The first kappa shape index (κ1) is 16.7. The minimum Gasteiger partial charge on any atom is -0.367 e. The van der Waals surface area contributed by atoms with E-state index in [0.29, 0.717) is 18.0 Å². The molecule has 1 aliphatic rings. The lowest BCUT2D eigenvalue weighted by molar-refractivity contribution is -0.143. The Hall–Kier alpha value is -2.18. The lowest BCUT2D eigenvalue weighted by atomic mass is 10.1. The van der Waals surface area contributed by atoms with E-state index in [1.807, 2.05) is 48.7 Å². The second-order valence-electron chi connectivity index (χ2n) is 5.80. The smallest absolute Gasteiger partial charge is 0.261 e. The highest BCUT2D eigenvalue weighted by atomic mass is 32.1. The van der Waals surface area contributed by atoms with Crippen LogP contribution in [0.1, 0.15) is 28.3 Å². The van der Waals surface area contributed by atoms with Crippen molar-refractivity contribution in [2.75, 3.05) is 19.6 Å². The third kappa shape index (κ3) is 4.01. The Morgan fingerprint density at radius 1 is 1.21 bits per heavy atom. The number of thiophene rings is 1. The van der Waals surface area contributed by atoms with Crippen molar-refractivity contribution in [3.05, 3.63) is 58.3 Å². The van der Waals surface area contributed by atoms with Crippen LogP contribution in [0.15, 0.2) is 47.8 Å². The topological polar surface area (TPSA) is 58.6 Å². The van der Waals surface area contributed by atoms with Crippen LogP contribution in [0.4, 0.5) is 0 Å². The maximum atomic E-state index is 12.5. The number of morpholine rings is 1. The first-order valence-corrected chi connectivity index (χ1v) is 8.81. The van der Waals surface area contributed by atoms with Gasteiger partial charge in [0.2, 0.25) is 5.91 Å². The van der Waals surface area contributed by atoms with Crippen LogP contribution in [-0.4, -0.2) is 42.5 Å². The molecule has 2 heterocycles. The lowest BCUT2D eigenvalue weighted by Crippen LogP contribution is -2.49. The van der Waals surface area contributed by atoms with E-state index in [1.54, 1.807) is 11.0 Å². The zero-order chi connectivity index (χ0) is 16.9. The molecule has 0 radical (unpaired) electrons. The number of hydrogen-bond acceptors (Lipinski definition) is 4. The van der Waals surface area contributed by atoms with Gasteiger partial charge in [0, 0.05) is 6.54 Å². The molecule has 0 spiro atoms. The number of nitrogens with one attached hydrogen (secondary N) is 1. The minimum atomic E-state index is -0.209. The van der Waals surface area contributed by atoms with Gasteiger partial charge in [0.15, 0.2) is 0 Å². The number of nitrogens with zero attached hydrogens (tertiary/aromatic N) is 1. The number of amides is 2. The Morgan fingerprint density at radius 2 is 2.00 bits per heavy atom. The molecule has 1 saturated heterocycles. The molecule has 24 heavy (non-hydrogen) atoms. The van der Waals surface area contributed by atoms with Crippen molar-refractivity contribution >= 4 is 23.2 Å². The predicted molar refractivity (Wildman–Crippen MR) is 93.0 cm³/mol. The lowest BCUT2D eigenvalue weighted by Gasteiger charge is -2.37. The first-order valence-electron chi connectivity index (χ1n) is 7.93. The predicted octanol–water partition coefficient (Wildman–Crippen LogP) is 2.47. The monoisotopic (exact) mass is 344 g/mol.